The summed E-state index contributed by atoms with van der Waals surface area (Å²) >= 11 is 0. The van der Waals surface area contributed by atoms with E-state index in [9.17, 15) is 0 Å². The summed E-state index contributed by atoms with van der Waals surface area (Å²) < 4.78 is 0. The number of hydrogen-bond donors (Lipinski definition) is 0. The Hall–Kier alpha value is -1.48. The molecule has 0 saturated carbocycles. The molecule has 0 amide bonds. The molecule has 0 heterocycles. The fourth-order valence-electron chi connectivity index (χ4n) is 2.14. The average Bonchev–Trinajstić information content (AvgIpc) is 2.60. The number of rotatable bonds is 3. The van der Waals surface area contributed by atoms with Gasteiger partial charge in [-0.1, -0.05) is 85.4 Å². The van der Waals surface area contributed by atoms with E-state index in [0.29, 0.717) is 5.41 Å². The molecule has 0 heteroatoms. The van der Waals surface area contributed by atoms with Crippen LogP contribution >= 0.6 is 0 Å². The number of benzene rings is 1. The van der Waals surface area contributed by atoms with Gasteiger partial charge in [-0.15, -0.1) is 6.42 Å². The smallest absolute Gasteiger partial charge is 0.0274 e. The second-order valence-corrected chi connectivity index (χ2v) is 8.06. The van der Waals surface area contributed by atoms with Crippen molar-refractivity contribution in [3.05, 3.63) is 46.0 Å². The van der Waals surface area contributed by atoms with Gasteiger partial charge in [0.1, 0.15) is 0 Å². The Labute approximate surface area is 172 Å². The highest BCUT2D eigenvalue weighted by Crippen LogP contribution is 2.32. The summed E-state index contributed by atoms with van der Waals surface area (Å²) in [5.41, 5.74) is 6.73. The number of allylic oxidation sites excluding steroid dienone is 2. The number of terminal acetylenes is 1. The van der Waals surface area contributed by atoms with Crippen LogP contribution in [0.4, 0.5) is 0 Å². The van der Waals surface area contributed by atoms with Crippen molar-refractivity contribution in [1.82, 2.24) is 0 Å². The van der Waals surface area contributed by atoms with Crippen molar-refractivity contribution in [2.24, 2.45) is 11.3 Å². The van der Waals surface area contributed by atoms with Crippen LogP contribution in [0.3, 0.4) is 0 Å². The largest absolute Gasteiger partial charge is 0.115 e. The lowest BCUT2D eigenvalue weighted by molar-refractivity contribution is 0.247. The lowest BCUT2D eigenvalue weighted by Crippen LogP contribution is -2.19. The SMILES string of the molecule is C#Cc1cc(C)c(C)cc1C.C/C=C(/C)CC(C)(C)C(C)C.CC.CCC. The van der Waals surface area contributed by atoms with Crippen LogP contribution in [0.5, 0.6) is 0 Å². The van der Waals surface area contributed by atoms with E-state index in [-0.39, 0.29) is 0 Å². The molecule has 0 N–H and O–H groups in total. The summed E-state index contributed by atoms with van der Waals surface area (Å²) in [6, 6.07) is 4.19. The minimum Gasteiger partial charge on any atom is -0.115 e. The molecule has 0 fully saturated rings. The highest BCUT2D eigenvalue weighted by atomic mass is 14.3. The van der Waals surface area contributed by atoms with Crippen LogP contribution in [0.2, 0.25) is 0 Å². The lowest BCUT2D eigenvalue weighted by atomic mass is 9.76. The van der Waals surface area contributed by atoms with Crippen LogP contribution in [0, 0.1) is 44.4 Å². The molecule has 0 aliphatic heterocycles. The van der Waals surface area contributed by atoms with E-state index in [2.05, 4.69) is 93.4 Å². The van der Waals surface area contributed by atoms with E-state index in [4.69, 9.17) is 6.42 Å². The maximum absolute atomic E-state index is 5.32. The molecule has 0 unspecified atom stereocenters. The highest BCUT2D eigenvalue weighted by molar-refractivity contribution is 5.44. The van der Waals surface area contributed by atoms with Crippen molar-refractivity contribution in [3.63, 3.8) is 0 Å². The summed E-state index contributed by atoms with van der Waals surface area (Å²) in [5.74, 6) is 3.42. The first-order valence-electron chi connectivity index (χ1n) is 10.6. The molecule has 1 aromatic rings. The zero-order valence-corrected chi connectivity index (χ0v) is 20.8. The maximum atomic E-state index is 5.32. The first kappa shape index (κ1) is 30.3. The Morgan fingerprint density at radius 1 is 1.04 bits per heavy atom. The van der Waals surface area contributed by atoms with Gasteiger partial charge in [0.2, 0.25) is 0 Å². The molecule has 0 saturated heterocycles. The van der Waals surface area contributed by atoms with Crippen LogP contribution in [-0.2, 0) is 0 Å². The molecule has 1 aromatic carbocycles. The van der Waals surface area contributed by atoms with Crippen molar-refractivity contribution in [3.8, 4) is 12.3 Å². The molecular formula is C27H48. The minimum atomic E-state index is 0.455. The van der Waals surface area contributed by atoms with Gasteiger partial charge in [0.05, 0.1) is 0 Å². The summed E-state index contributed by atoms with van der Waals surface area (Å²) in [7, 11) is 0. The first-order valence-corrected chi connectivity index (χ1v) is 10.6. The van der Waals surface area contributed by atoms with Gasteiger partial charge in [0.25, 0.3) is 0 Å². The van der Waals surface area contributed by atoms with E-state index in [1.807, 2.05) is 20.8 Å². The molecule has 0 aromatic heterocycles. The fourth-order valence-corrected chi connectivity index (χ4v) is 2.14. The first-order chi connectivity index (χ1) is 12.5. The molecule has 156 valence electrons. The van der Waals surface area contributed by atoms with Gasteiger partial charge in [-0.2, -0.15) is 0 Å². The summed E-state index contributed by atoms with van der Waals surface area (Å²) in [6.45, 7) is 28.1. The normalized spacial score (nSPS) is 10.5. The summed E-state index contributed by atoms with van der Waals surface area (Å²) in [5, 5.41) is 0. The Balaban J connectivity index is -0.000000345. The highest BCUT2D eigenvalue weighted by Gasteiger charge is 2.21. The maximum Gasteiger partial charge on any atom is 0.0274 e. The van der Waals surface area contributed by atoms with Crippen LogP contribution in [0.25, 0.3) is 0 Å². The van der Waals surface area contributed by atoms with Gasteiger partial charge in [-0.05, 0) is 75.1 Å². The molecule has 0 bridgehead atoms. The predicted molar refractivity (Wildman–Crippen MR) is 129 cm³/mol. The van der Waals surface area contributed by atoms with Crippen molar-refractivity contribution in [2.45, 2.75) is 103 Å². The zero-order chi connectivity index (χ0) is 22.2. The lowest BCUT2D eigenvalue weighted by Gasteiger charge is -2.29. The third-order valence-corrected chi connectivity index (χ3v) is 4.79. The van der Waals surface area contributed by atoms with Gasteiger partial charge in [0.15, 0.2) is 0 Å². The van der Waals surface area contributed by atoms with Crippen molar-refractivity contribution in [1.29, 1.82) is 0 Å². The van der Waals surface area contributed by atoms with Crippen LogP contribution in [-0.4, -0.2) is 0 Å². The van der Waals surface area contributed by atoms with Crippen molar-refractivity contribution >= 4 is 0 Å². The fraction of sp³-hybridized carbons (Fsp3) is 0.630. The Morgan fingerprint density at radius 2 is 1.44 bits per heavy atom. The van der Waals surface area contributed by atoms with Crippen LogP contribution in [0.1, 0.15) is 104 Å². The third-order valence-electron chi connectivity index (χ3n) is 4.79. The van der Waals surface area contributed by atoms with Gasteiger partial charge >= 0.3 is 0 Å². The van der Waals surface area contributed by atoms with E-state index in [1.165, 1.54) is 35.1 Å². The van der Waals surface area contributed by atoms with Crippen LogP contribution in [0.15, 0.2) is 23.8 Å². The van der Waals surface area contributed by atoms with Crippen LogP contribution < -0.4 is 0 Å². The van der Waals surface area contributed by atoms with Gasteiger partial charge in [0, 0.05) is 5.56 Å². The molecule has 0 atom stereocenters. The van der Waals surface area contributed by atoms with Crippen molar-refractivity contribution in [2.75, 3.05) is 0 Å². The molecule has 1 rings (SSSR count). The predicted octanol–water partition coefficient (Wildman–Crippen LogP) is 9.06. The standard InChI is InChI=1S/C11H12.C11H22.C3H8.C2H6/c1-5-11-7-9(3)8(2)6-10(11)4;1-7-10(4)8-11(5,6)9(2)3;1-3-2;1-2/h1,6-7H,2-4H3;7,9H,8H2,1-6H3;3H2,1-2H3;1-2H3/b;10-7-;;. The molecule has 0 radical (unpaired) electrons. The number of hydrogen-bond acceptors (Lipinski definition) is 0. The third kappa shape index (κ3) is 14.3. The number of aryl methyl sites for hydroxylation is 3. The van der Waals surface area contributed by atoms with Gasteiger partial charge < -0.3 is 0 Å². The molecule has 27 heavy (non-hydrogen) atoms. The van der Waals surface area contributed by atoms with E-state index >= 15 is 0 Å². The summed E-state index contributed by atoms with van der Waals surface area (Å²) in [4.78, 5) is 0. The topological polar surface area (TPSA) is 0 Å². The quantitative estimate of drug-likeness (QED) is 0.366. The Bertz CT molecular complexity index is 562. The molecule has 0 aliphatic rings. The second-order valence-electron chi connectivity index (χ2n) is 8.06. The minimum absolute atomic E-state index is 0.455. The Morgan fingerprint density at radius 3 is 1.78 bits per heavy atom. The Kier molecular flexibility index (Phi) is 18.7. The van der Waals surface area contributed by atoms with Gasteiger partial charge in [-0.3, -0.25) is 0 Å². The average molecular weight is 373 g/mol. The monoisotopic (exact) mass is 372 g/mol. The molecule has 0 spiro atoms. The molecule has 0 nitrogen and oxygen atoms in total. The molecular weight excluding hydrogens is 324 g/mol. The zero-order valence-electron chi connectivity index (χ0n) is 20.8. The van der Waals surface area contributed by atoms with E-state index in [1.54, 1.807) is 0 Å². The van der Waals surface area contributed by atoms with E-state index in [0.717, 1.165) is 11.5 Å². The van der Waals surface area contributed by atoms with E-state index < -0.39 is 0 Å². The molecule has 0 aliphatic carbocycles. The van der Waals surface area contributed by atoms with Crippen molar-refractivity contribution < 1.29 is 0 Å². The summed E-state index contributed by atoms with van der Waals surface area (Å²) in [6.07, 6.45) is 10.0. The van der Waals surface area contributed by atoms with Gasteiger partial charge in [-0.25, -0.2) is 0 Å². The second kappa shape index (κ2) is 16.7.